The molecule has 0 spiro atoms. The summed E-state index contributed by atoms with van der Waals surface area (Å²) in [5.74, 6) is -0.00900. The maximum atomic E-state index is 12.0. The van der Waals surface area contributed by atoms with Gasteiger partial charge in [0.05, 0.1) is 17.5 Å². The summed E-state index contributed by atoms with van der Waals surface area (Å²) in [6.07, 6.45) is 0. The van der Waals surface area contributed by atoms with Gasteiger partial charge < -0.3 is 4.90 Å². The van der Waals surface area contributed by atoms with Crippen molar-refractivity contribution in [3.63, 3.8) is 0 Å². The fraction of sp³-hybridized carbons (Fsp3) is 0.529. The van der Waals surface area contributed by atoms with Gasteiger partial charge in [-0.3, -0.25) is 4.79 Å². The van der Waals surface area contributed by atoms with Crippen LogP contribution in [0.15, 0.2) is 29.3 Å². The Morgan fingerprint density at radius 2 is 1.96 bits per heavy atom. The number of amides is 1. The van der Waals surface area contributed by atoms with E-state index in [0.29, 0.717) is 11.7 Å². The Kier molecular flexibility index (Phi) is 4.75. The van der Waals surface area contributed by atoms with E-state index < -0.39 is 9.84 Å². The van der Waals surface area contributed by atoms with Gasteiger partial charge in [0.1, 0.15) is 0 Å². The lowest BCUT2D eigenvalue weighted by molar-refractivity contribution is -0.120. The SMILES string of the molecule is Cc1ccc(CN2C(=NC(=O)C(C)C)S[C@@H]3CS(=O)(=O)C[C@H]32)cc1. The molecule has 2 heterocycles. The maximum absolute atomic E-state index is 12.0. The van der Waals surface area contributed by atoms with Crippen LogP contribution in [0.2, 0.25) is 0 Å². The first-order valence-electron chi connectivity index (χ1n) is 8.07. The van der Waals surface area contributed by atoms with E-state index in [0.717, 1.165) is 5.56 Å². The first kappa shape index (κ1) is 17.5. The van der Waals surface area contributed by atoms with Crippen molar-refractivity contribution in [1.82, 2.24) is 4.90 Å². The number of hydrogen-bond donors (Lipinski definition) is 0. The Bertz CT molecular complexity index is 770. The van der Waals surface area contributed by atoms with Crippen LogP contribution in [0.3, 0.4) is 0 Å². The number of carbonyl (C=O) groups excluding carboxylic acids is 1. The lowest BCUT2D eigenvalue weighted by Crippen LogP contribution is -2.37. The minimum absolute atomic E-state index is 0.0286. The van der Waals surface area contributed by atoms with Crippen LogP contribution in [0.5, 0.6) is 0 Å². The Labute approximate surface area is 147 Å². The first-order valence-corrected chi connectivity index (χ1v) is 10.8. The number of amidine groups is 1. The van der Waals surface area contributed by atoms with E-state index in [1.54, 1.807) is 0 Å². The van der Waals surface area contributed by atoms with Gasteiger partial charge in [0.15, 0.2) is 15.0 Å². The van der Waals surface area contributed by atoms with Crippen molar-refractivity contribution in [3.8, 4) is 0 Å². The summed E-state index contributed by atoms with van der Waals surface area (Å²) in [4.78, 5) is 18.3. The molecule has 1 aromatic carbocycles. The molecule has 0 unspecified atom stereocenters. The van der Waals surface area contributed by atoms with E-state index in [9.17, 15) is 13.2 Å². The summed E-state index contributed by atoms with van der Waals surface area (Å²) in [7, 11) is -3.01. The number of carbonyl (C=O) groups is 1. The Morgan fingerprint density at radius 1 is 1.29 bits per heavy atom. The average molecular weight is 367 g/mol. The number of fused-ring (bicyclic) bond motifs is 1. The van der Waals surface area contributed by atoms with Gasteiger partial charge >= 0.3 is 0 Å². The molecule has 2 fully saturated rings. The Balaban J connectivity index is 1.89. The van der Waals surface area contributed by atoms with E-state index in [1.807, 2.05) is 49.9 Å². The zero-order chi connectivity index (χ0) is 17.5. The molecule has 2 saturated heterocycles. The average Bonchev–Trinajstić information content (AvgIpc) is 2.94. The molecule has 0 aliphatic carbocycles. The van der Waals surface area contributed by atoms with Crippen molar-refractivity contribution in [2.45, 2.75) is 38.6 Å². The second-order valence-corrected chi connectivity index (χ2v) is 10.2. The third kappa shape index (κ3) is 3.67. The molecule has 0 radical (unpaired) electrons. The third-order valence-electron chi connectivity index (χ3n) is 4.35. The fourth-order valence-electron chi connectivity index (χ4n) is 2.93. The minimum Gasteiger partial charge on any atom is -0.342 e. The van der Waals surface area contributed by atoms with E-state index in [4.69, 9.17) is 0 Å². The van der Waals surface area contributed by atoms with Crippen molar-refractivity contribution in [2.24, 2.45) is 10.9 Å². The number of aliphatic imine (C=N–C) groups is 1. The van der Waals surface area contributed by atoms with Crippen molar-refractivity contribution in [3.05, 3.63) is 35.4 Å². The molecule has 24 heavy (non-hydrogen) atoms. The predicted octanol–water partition coefficient (Wildman–Crippen LogP) is 2.25. The van der Waals surface area contributed by atoms with Gasteiger partial charge in [-0.05, 0) is 12.5 Å². The highest BCUT2D eigenvalue weighted by Crippen LogP contribution is 2.39. The molecule has 2 atom stereocenters. The largest absolute Gasteiger partial charge is 0.342 e. The lowest BCUT2D eigenvalue weighted by Gasteiger charge is -2.24. The molecular formula is C17H22N2O3S2. The minimum atomic E-state index is -3.01. The Hall–Kier alpha value is -1.34. The standard InChI is InChI=1S/C17H22N2O3S2/c1-11(2)16(20)18-17-19(8-13-6-4-12(3)5-7-13)14-9-24(21,22)10-15(14)23-17/h4-7,11,14-15H,8-10H2,1-3H3/t14-,15-/m1/s1. The molecule has 1 aromatic rings. The van der Waals surface area contributed by atoms with Crippen LogP contribution in [0.4, 0.5) is 0 Å². The van der Waals surface area contributed by atoms with Gasteiger partial charge in [0.25, 0.3) is 5.91 Å². The van der Waals surface area contributed by atoms with Crippen molar-refractivity contribution >= 4 is 32.7 Å². The molecule has 0 saturated carbocycles. The molecule has 7 heteroatoms. The smallest absolute Gasteiger partial charge is 0.250 e. The third-order valence-corrected chi connectivity index (χ3v) is 7.60. The van der Waals surface area contributed by atoms with Crippen LogP contribution in [-0.4, -0.2) is 47.2 Å². The highest BCUT2D eigenvalue weighted by atomic mass is 32.2. The number of aryl methyl sites for hydroxylation is 1. The molecule has 0 N–H and O–H groups in total. The number of thioether (sulfide) groups is 1. The summed E-state index contributed by atoms with van der Waals surface area (Å²) in [5.41, 5.74) is 2.27. The van der Waals surface area contributed by atoms with E-state index in [1.165, 1.54) is 17.3 Å². The van der Waals surface area contributed by atoms with Crippen LogP contribution in [0.25, 0.3) is 0 Å². The van der Waals surface area contributed by atoms with E-state index in [-0.39, 0.29) is 34.6 Å². The summed E-state index contributed by atoms with van der Waals surface area (Å²) >= 11 is 1.44. The highest BCUT2D eigenvalue weighted by Gasteiger charge is 2.48. The topological polar surface area (TPSA) is 66.8 Å². The number of nitrogens with zero attached hydrogens (tertiary/aromatic N) is 2. The summed E-state index contributed by atoms with van der Waals surface area (Å²) in [5, 5.41) is 0.637. The van der Waals surface area contributed by atoms with Crippen molar-refractivity contribution in [1.29, 1.82) is 0 Å². The zero-order valence-electron chi connectivity index (χ0n) is 14.1. The quantitative estimate of drug-likeness (QED) is 0.821. The maximum Gasteiger partial charge on any atom is 0.250 e. The summed E-state index contributed by atoms with van der Waals surface area (Å²) < 4.78 is 24.0. The van der Waals surface area contributed by atoms with Gasteiger partial charge in [-0.2, -0.15) is 4.99 Å². The molecular weight excluding hydrogens is 344 g/mol. The van der Waals surface area contributed by atoms with Gasteiger partial charge in [-0.25, -0.2) is 8.42 Å². The van der Waals surface area contributed by atoms with E-state index >= 15 is 0 Å². The van der Waals surface area contributed by atoms with Crippen LogP contribution < -0.4 is 0 Å². The number of benzene rings is 1. The molecule has 5 nitrogen and oxygen atoms in total. The van der Waals surface area contributed by atoms with Crippen molar-refractivity contribution in [2.75, 3.05) is 11.5 Å². The molecule has 0 bridgehead atoms. The second-order valence-electron chi connectivity index (χ2n) is 6.80. The Morgan fingerprint density at radius 3 is 2.58 bits per heavy atom. The normalized spacial score (nSPS) is 27.0. The molecule has 1 amide bonds. The molecule has 2 aliphatic rings. The van der Waals surface area contributed by atoms with Crippen molar-refractivity contribution < 1.29 is 13.2 Å². The molecule has 130 valence electrons. The second kappa shape index (κ2) is 6.52. The zero-order valence-corrected chi connectivity index (χ0v) is 15.7. The van der Waals surface area contributed by atoms with Crippen LogP contribution in [0.1, 0.15) is 25.0 Å². The number of rotatable bonds is 3. The first-order chi connectivity index (χ1) is 11.2. The number of sulfone groups is 1. The van der Waals surface area contributed by atoms with Gasteiger partial charge in [0, 0.05) is 17.7 Å². The van der Waals surface area contributed by atoms with Crippen LogP contribution >= 0.6 is 11.8 Å². The summed E-state index contributed by atoms with van der Waals surface area (Å²) in [6.45, 7) is 6.25. The molecule has 3 rings (SSSR count). The van der Waals surface area contributed by atoms with E-state index in [2.05, 4.69) is 4.99 Å². The summed E-state index contributed by atoms with van der Waals surface area (Å²) in [6, 6.07) is 8.06. The molecule has 0 aromatic heterocycles. The van der Waals surface area contributed by atoms with Gasteiger partial charge in [-0.15, -0.1) is 0 Å². The molecule has 2 aliphatic heterocycles. The van der Waals surface area contributed by atoms with Gasteiger partial charge in [0.2, 0.25) is 0 Å². The van der Waals surface area contributed by atoms with Crippen LogP contribution in [-0.2, 0) is 21.2 Å². The lowest BCUT2D eigenvalue weighted by atomic mass is 10.1. The highest BCUT2D eigenvalue weighted by molar-refractivity contribution is 8.15. The van der Waals surface area contributed by atoms with Gasteiger partial charge in [-0.1, -0.05) is 55.4 Å². The van der Waals surface area contributed by atoms with Crippen LogP contribution in [0, 0.1) is 12.8 Å². The monoisotopic (exact) mass is 366 g/mol. The number of hydrogen-bond acceptors (Lipinski definition) is 4. The predicted molar refractivity (Wildman–Crippen MR) is 97.8 cm³/mol. The fourth-order valence-corrected chi connectivity index (χ4v) is 6.89.